The molecule has 6 heteroatoms. The van der Waals surface area contributed by atoms with E-state index in [2.05, 4.69) is 14.9 Å². The Morgan fingerprint density at radius 2 is 2.20 bits per heavy atom. The van der Waals surface area contributed by atoms with Gasteiger partial charge in [0.1, 0.15) is 5.69 Å². The van der Waals surface area contributed by atoms with Gasteiger partial charge in [0.2, 0.25) is 5.71 Å². The first-order valence-corrected chi connectivity index (χ1v) is 5.30. The maximum Gasteiger partial charge on any atom is 0.362 e. The van der Waals surface area contributed by atoms with Crippen molar-refractivity contribution in [3.63, 3.8) is 0 Å². The normalized spacial score (nSPS) is 10.3. The minimum absolute atomic E-state index is 0.174. The summed E-state index contributed by atoms with van der Waals surface area (Å²) in [6.07, 6.45) is 0. The molecule has 1 heterocycles. The SMILES string of the molecule is CC.COC(=O)/C(=N/O)c1csc(C)n1. The summed E-state index contributed by atoms with van der Waals surface area (Å²) in [7, 11) is 1.22. The van der Waals surface area contributed by atoms with Gasteiger partial charge in [0.15, 0.2) is 0 Å². The number of methoxy groups -OCH3 is 1. The lowest BCUT2D eigenvalue weighted by atomic mass is 10.3. The Balaban J connectivity index is 0.000000921. The molecule has 0 atom stereocenters. The van der Waals surface area contributed by atoms with Crippen LogP contribution in [0.1, 0.15) is 24.5 Å². The first-order chi connectivity index (χ1) is 7.19. The van der Waals surface area contributed by atoms with Crippen LogP contribution in [-0.2, 0) is 9.53 Å². The second-order valence-electron chi connectivity index (χ2n) is 2.19. The fourth-order valence-corrected chi connectivity index (χ4v) is 1.36. The zero-order valence-corrected chi connectivity index (χ0v) is 9.96. The second kappa shape index (κ2) is 6.94. The van der Waals surface area contributed by atoms with E-state index in [1.165, 1.54) is 18.4 Å². The second-order valence-corrected chi connectivity index (χ2v) is 3.25. The number of esters is 1. The predicted octanol–water partition coefficient (Wildman–Crippen LogP) is 1.83. The van der Waals surface area contributed by atoms with Crippen molar-refractivity contribution in [3.05, 3.63) is 16.1 Å². The van der Waals surface area contributed by atoms with Crippen LogP contribution < -0.4 is 0 Å². The summed E-state index contributed by atoms with van der Waals surface area (Å²) in [6, 6.07) is 0. The van der Waals surface area contributed by atoms with Gasteiger partial charge in [-0.05, 0) is 6.92 Å². The zero-order chi connectivity index (χ0) is 11.8. The number of oxime groups is 1. The third-order valence-corrected chi connectivity index (χ3v) is 2.11. The molecule has 0 amide bonds. The monoisotopic (exact) mass is 230 g/mol. The van der Waals surface area contributed by atoms with Gasteiger partial charge in [-0.25, -0.2) is 9.78 Å². The molecule has 0 saturated heterocycles. The van der Waals surface area contributed by atoms with E-state index in [1.54, 1.807) is 12.3 Å². The van der Waals surface area contributed by atoms with Crippen molar-refractivity contribution < 1.29 is 14.7 Å². The fraction of sp³-hybridized carbons (Fsp3) is 0.444. The van der Waals surface area contributed by atoms with Crippen LogP contribution in [0.4, 0.5) is 0 Å². The third kappa shape index (κ3) is 3.67. The predicted molar refractivity (Wildman–Crippen MR) is 58.5 cm³/mol. The van der Waals surface area contributed by atoms with Crippen molar-refractivity contribution in [2.75, 3.05) is 7.11 Å². The molecule has 15 heavy (non-hydrogen) atoms. The van der Waals surface area contributed by atoms with E-state index in [0.29, 0.717) is 5.69 Å². The number of rotatable bonds is 2. The van der Waals surface area contributed by atoms with Gasteiger partial charge in [-0.1, -0.05) is 19.0 Å². The Bertz CT molecular complexity index is 347. The highest BCUT2D eigenvalue weighted by atomic mass is 32.1. The Morgan fingerprint density at radius 3 is 2.53 bits per heavy atom. The minimum Gasteiger partial charge on any atom is -0.464 e. The Morgan fingerprint density at radius 1 is 1.60 bits per heavy atom. The summed E-state index contributed by atoms with van der Waals surface area (Å²) in [5.41, 5.74) is 0.156. The minimum atomic E-state index is -0.701. The Labute approximate surface area is 92.4 Å². The lowest BCUT2D eigenvalue weighted by molar-refractivity contribution is -0.132. The summed E-state index contributed by atoms with van der Waals surface area (Å²) in [6.45, 7) is 5.79. The van der Waals surface area contributed by atoms with Crippen LogP contribution in [0.5, 0.6) is 0 Å². The van der Waals surface area contributed by atoms with Crippen LogP contribution in [0.2, 0.25) is 0 Å². The molecule has 84 valence electrons. The van der Waals surface area contributed by atoms with E-state index in [1.807, 2.05) is 13.8 Å². The van der Waals surface area contributed by atoms with Gasteiger partial charge in [-0.3, -0.25) is 0 Å². The molecule has 0 aliphatic heterocycles. The number of ether oxygens (including phenoxy) is 1. The van der Waals surface area contributed by atoms with Gasteiger partial charge in [-0.15, -0.1) is 11.3 Å². The summed E-state index contributed by atoms with van der Waals surface area (Å²) in [5, 5.41) is 13.8. The molecular weight excluding hydrogens is 216 g/mol. The molecule has 1 aromatic rings. The van der Waals surface area contributed by atoms with Gasteiger partial charge in [0.25, 0.3) is 0 Å². The number of nitrogens with zero attached hydrogens (tertiary/aromatic N) is 2. The molecule has 0 aliphatic rings. The molecule has 1 N–H and O–H groups in total. The van der Waals surface area contributed by atoms with Gasteiger partial charge < -0.3 is 9.94 Å². The quantitative estimate of drug-likeness (QED) is 0.364. The molecule has 0 bridgehead atoms. The van der Waals surface area contributed by atoms with Crippen LogP contribution in [0.3, 0.4) is 0 Å². The van der Waals surface area contributed by atoms with Gasteiger partial charge >= 0.3 is 5.97 Å². The first kappa shape index (κ1) is 13.6. The molecule has 0 unspecified atom stereocenters. The smallest absolute Gasteiger partial charge is 0.362 e. The lowest BCUT2D eigenvalue weighted by Gasteiger charge is -1.96. The number of aryl methyl sites for hydroxylation is 1. The Hall–Kier alpha value is -1.43. The summed E-state index contributed by atoms with van der Waals surface area (Å²) < 4.78 is 4.40. The number of thiazole rings is 1. The molecule has 0 radical (unpaired) electrons. The van der Waals surface area contributed by atoms with Crippen molar-refractivity contribution in [2.45, 2.75) is 20.8 Å². The highest BCUT2D eigenvalue weighted by molar-refractivity contribution is 7.09. The van der Waals surface area contributed by atoms with Crippen molar-refractivity contribution in [2.24, 2.45) is 5.16 Å². The summed E-state index contributed by atoms with van der Waals surface area (Å²) >= 11 is 1.37. The van der Waals surface area contributed by atoms with Crippen molar-refractivity contribution in [1.29, 1.82) is 0 Å². The van der Waals surface area contributed by atoms with Gasteiger partial charge in [0, 0.05) is 5.38 Å². The van der Waals surface area contributed by atoms with Crippen LogP contribution >= 0.6 is 11.3 Å². The van der Waals surface area contributed by atoms with Crippen LogP contribution in [0.25, 0.3) is 0 Å². The molecule has 5 nitrogen and oxygen atoms in total. The molecule has 1 rings (SSSR count). The van der Waals surface area contributed by atoms with E-state index in [-0.39, 0.29) is 5.71 Å². The lowest BCUT2D eigenvalue weighted by Crippen LogP contribution is -2.17. The average Bonchev–Trinajstić information content (AvgIpc) is 2.68. The first-order valence-electron chi connectivity index (χ1n) is 4.42. The molecule has 0 aliphatic carbocycles. The third-order valence-electron chi connectivity index (χ3n) is 1.34. The molecule has 0 aromatic carbocycles. The maximum atomic E-state index is 11.0. The van der Waals surface area contributed by atoms with Gasteiger partial charge in [0.05, 0.1) is 12.1 Å². The largest absolute Gasteiger partial charge is 0.464 e. The van der Waals surface area contributed by atoms with Crippen molar-refractivity contribution >= 4 is 23.0 Å². The fourth-order valence-electron chi connectivity index (χ4n) is 0.765. The number of hydrogen-bond acceptors (Lipinski definition) is 6. The van der Waals surface area contributed by atoms with Gasteiger partial charge in [-0.2, -0.15) is 0 Å². The molecule has 0 fully saturated rings. The number of carbonyl (C=O) groups is 1. The van der Waals surface area contributed by atoms with E-state index >= 15 is 0 Å². The van der Waals surface area contributed by atoms with E-state index in [0.717, 1.165) is 5.01 Å². The van der Waals surface area contributed by atoms with E-state index in [4.69, 9.17) is 5.21 Å². The van der Waals surface area contributed by atoms with Crippen LogP contribution in [0, 0.1) is 6.92 Å². The highest BCUT2D eigenvalue weighted by Gasteiger charge is 2.17. The molecule has 1 aromatic heterocycles. The summed E-state index contributed by atoms with van der Waals surface area (Å²) in [5.74, 6) is -0.701. The maximum absolute atomic E-state index is 11.0. The van der Waals surface area contributed by atoms with Crippen LogP contribution in [-0.4, -0.2) is 29.0 Å². The average molecular weight is 230 g/mol. The number of hydrogen-bond donors (Lipinski definition) is 1. The van der Waals surface area contributed by atoms with Crippen molar-refractivity contribution in [3.8, 4) is 0 Å². The number of carbonyl (C=O) groups excluding carboxylic acids is 1. The topological polar surface area (TPSA) is 71.8 Å². The van der Waals surface area contributed by atoms with Crippen LogP contribution in [0.15, 0.2) is 10.5 Å². The molecule has 0 saturated carbocycles. The Kier molecular flexibility index (Phi) is 6.28. The van der Waals surface area contributed by atoms with E-state index in [9.17, 15) is 4.79 Å². The summed E-state index contributed by atoms with van der Waals surface area (Å²) in [4.78, 5) is 15.0. The molecule has 0 spiro atoms. The van der Waals surface area contributed by atoms with Crippen molar-refractivity contribution in [1.82, 2.24) is 4.98 Å². The zero-order valence-electron chi connectivity index (χ0n) is 9.14. The molecular formula is C9H14N2O3S. The highest BCUT2D eigenvalue weighted by Crippen LogP contribution is 2.09. The van der Waals surface area contributed by atoms with E-state index < -0.39 is 5.97 Å². The number of aromatic nitrogens is 1. The standard InChI is InChI=1S/C7H8N2O3S.C2H6/c1-4-8-5(3-13-4)6(9-11)7(10)12-2;1-2/h3,11H,1-2H3;1-2H3/b9-6+;.